The van der Waals surface area contributed by atoms with Crippen LogP contribution >= 0.6 is 0 Å². The van der Waals surface area contributed by atoms with Gasteiger partial charge in [0.05, 0.1) is 11.0 Å². The van der Waals surface area contributed by atoms with E-state index in [-0.39, 0.29) is 27.3 Å². The fourth-order valence-electron chi connectivity index (χ4n) is 2.83. The smallest absolute Gasteiger partial charge is 0.245 e. The van der Waals surface area contributed by atoms with Crippen molar-refractivity contribution in [2.75, 3.05) is 0 Å². The molecule has 1 heterocycles. The first-order valence-electron chi connectivity index (χ1n) is 7.96. The zero-order valence-electron chi connectivity index (χ0n) is 14.5. The minimum absolute atomic E-state index is 0.0356. The van der Waals surface area contributed by atoms with Crippen molar-refractivity contribution in [3.8, 4) is 28.5 Å². The maximum absolute atomic E-state index is 13.8. The Hall–Kier alpha value is -3.23. The lowest BCUT2D eigenvalue weighted by molar-refractivity contribution is -0.143. The summed E-state index contributed by atoms with van der Waals surface area (Å²) in [5.41, 5.74) is -1.46. The summed E-state index contributed by atoms with van der Waals surface area (Å²) < 4.78 is 78.0. The van der Waals surface area contributed by atoms with E-state index in [1.807, 2.05) is 0 Å². The molecule has 0 aliphatic rings. The third kappa shape index (κ3) is 4.13. The maximum Gasteiger partial charge on any atom is 0.433 e. The molecule has 0 radical (unpaired) electrons. The van der Waals surface area contributed by atoms with Gasteiger partial charge in [0.2, 0.25) is 10.0 Å². The molecule has 2 N–H and O–H groups in total. The molecular weight excluding hydrogens is 412 g/mol. The summed E-state index contributed by atoms with van der Waals surface area (Å²) >= 11 is 0. The molecule has 0 fully saturated rings. The lowest BCUT2D eigenvalue weighted by Gasteiger charge is -2.11. The number of primary sulfonamides is 1. The number of rotatable bonds is 4. The van der Waals surface area contributed by atoms with Crippen LogP contribution in [0.1, 0.15) is 5.69 Å². The fourth-order valence-corrected chi connectivity index (χ4v) is 3.34. The van der Waals surface area contributed by atoms with Crippen LogP contribution in [0.4, 0.5) is 17.6 Å². The molecule has 3 aromatic rings. The molecule has 29 heavy (non-hydrogen) atoms. The molecule has 0 saturated carbocycles. The Morgan fingerprint density at radius 1 is 1.03 bits per heavy atom. The minimum atomic E-state index is -4.85. The first-order valence-corrected chi connectivity index (χ1v) is 9.51. The van der Waals surface area contributed by atoms with E-state index < -0.39 is 34.3 Å². The fraction of sp³-hybridized carbons (Fsp3) is 0.111. The third-order valence-corrected chi connectivity index (χ3v) is 4.96. The molecule has 0 atom stereocenters. The number of nitrogens with two attached hydrogens (primary N) is 1. The van der Waals surface area contributed by atoms with Gasteiger partial charge in [-0.15, -0.1) is 0 Å². The van der Waals surface area contributed by atoms with Crippen molar-refractivity contribution in [3.05, 3.63) is 60.0 Å². The lowest BCUT2D eigenvalue weighted by atomic mass is 9.98. The maximum atomic E-state index is 13.8. The zero-order valence-corrected chi connectivity index (χ0v) is 15.3. The summed E-state index contributed by atoms with van der Waals surface area (Å²) in [7, 11) is -3.99. The summed E-state index contributed by atoms with van der Waals surface area (Å²) in [6.07, 6.45) is -4.85. The molecule has 0 amide bonds. The van der Waals surface area contributed by atoms with E-state index in [4.69, 9.17) is 10.4 Å². The Balaban J connectivity index is 2.31. The number of aromatic nitrogens is 2. The second-order valence-corrected chi connectivity index (χ2v) is 7.52. The number of alkyl halides is 3. The van der Waals surface area contributed by atoms with Gasteiger partial charge in [0, 0.05) is 11.1 Å². The molecule has 150 valence electrons. The van der Waals surface area contributed by atoms with Crippen LogP contribution in [0.15, 0.2) is 53.4 Å². The minimum Gasteiger partial charge on any atom is -0.245 e. The first kappa shape index (κ1) is 20.5. The van der Waals surface area contributed by atoms with Crippen molar-refractivity contribution in [3.63, 3.8) is 0 Å². The van der Waals surface area contributed by atoms with Crippen molar-refractivity contribution in [2.45, 2.75) is 17.6 Å². The van der Waals surface area contributed by atoms with Crippen LogP contribution in [0, 0.1) is 17.1 Å². The van der Waals surface area contributed by atoms with Crippen LogP contribution in [0.2, 0.25) is 0 Å². The third-order valence-electron chi connectivity index (χ3n) is 4.03. The van der Waals surface area contributed by atoms with E-state index in [1.165, 1.54) is 24.3 Å². The number of benzene rings is 2. The predicted octanol–water partition coefficient (Wildman–Crippen LogP) is 3.55. The summed E-state index contributed by atoms with van der Waals surface area (Å²) in [4.78, 5) is -0.225. The van der Waals surface area contributed by atoms with Gasteiger partial charge < -0.3 is 0 Å². The summed E-state index contributed by atoms with van der Waals surface area (Å²) in [5, 5.41) is 17.9. The van der Waals surface area contributed by atoms with Crippen LogP contribution in [0.5, 0.6) is 0 Å². The second-order valence-electron chi connectivity index (χ2n) is 5.96. The van der Waals surface area contributed by atoms with E-state index in [1.54, 1.807) is 6.07 Å². The van der Waals surface area contributed by atoms with Gasteiger partial charge in [-0.25, -0.2) is 22.6 Å². The van der Waals surface area contributed by atoms with Gasteiger partial charge in [-0.05, 0) is 29.8 Å². The summed E-state index contributed by atoms with van der Waals surface area (Å²) in [6, 6.07) is 10.7. The normalized spacial score (nSPS) is 12.0. The molecular formula is C18H12F4N4O2S. The molecule has 0 aliphatic heterocycles. The number of nitrogens with zero attached hydrogens (tertiary/aromatic N) is 3. The highest BCUT2D eigenvalue weighted by Crippen LogP contribution is 2.42. The average molecular weight is 424 g/mol. The standard InChI is InChI=1S/C18H12F4N4O2S/c19-13-5-1-11(2-6-13)15-16(12-3-7-14(8-4-12)29(24,27)28)25-26(10-9-23)17(15)18(20,21)22/h1-8H,10H2,(H2,24,27,28). The number of hydrogen-bond donors (Lipinski definition) is 1. The average Bonchev–Trinajstić information content (AvgIpc) is 3.02. The van der Waals surface area contributed by atoms with Gasteiger partial charge in [0.25, 0.3) is 0 Å². The van der Waals surface area contributed by atoms with Gasteiger partial charge in [0.1, 0.15) is 18.1 Å². The van der Waals surface area contributed by atoms with Crippen molar-refractivity contribution in [2.24, 2.45) is 5.14 Å². The number of sulfonamides is 1. The predicted molar refractivity (Wildman–Crippen MR) is 95.0 cm³/mol. The molecule has 1 aromatic heterocycles. The van der Waals surface area contributed by atoms with Gasteiger partial charge >= 0.3 is 6.18 Å². The van der Waals surface area contributed by atoms with E-state index in [0.29, 0.717) is 4.68 Å². The van der Waals surface area contributed by atoms with E-state index in [0.717, 1.165) is 24.3 Å². The Morgan fingerprint density at radius 3 is 2.07 bits per heavy atom. The largest absolute Gasteiger partial charge is 0.433 e. The molecule has 0 saturated heterocycles. The summed E-state index contributed by atoms with van der Waals surface area (Å²) in [6.45, 7) is -0.668. The van der Waals surface area contributed by atoms with Crippen molar-refractivity contribution in [1.29, 1.82) is 5.26 Å². The topological polar surface area (TPSA) is 102 Å². The number of hydrogen-bond acceptors (Lipinski definition) is 4. The van der Waals surface area contributed by atoms with E-state index >= 15 is 0 Å². The van der Waals surface area contributed by atoms with E-state index in [2.05, 4.69) is 5.10 Å². The highest BCUT2D eigenvalue weighted by molar-refractivity contribution is 7.89. The highest BCUT2D eigenvalue weighted by atomic mass is 32.2. The van der Waals surface area contributed by atoms with Crippen LogP contribution in [-0.4, -0.2) is 18.2 Å². The van der Waals surface area contributed by atoms with Crippen LogP contribution in [-0.2, 0) is 22.7 Å². The molecule has 11 heteroatoms. The van der Waals surface area contributed by atoms with Crippen molar-refractivity contribution < 1.29 is 26.0 Å². The SMILES string of the molecule is N#CCn1nc(-c2ccc(S(N)(=O)=O)cc2)c(-c2ccc(F)cc2)c1C(F)(F)F. The first-order chi connectivity index (χ1) is 13.5. The molecule has 0 spiro atoms. The molecule has 0 bridgehead atoms. The van der Waals surface area contributed by atoms with Crippen molar-refractivity contribution >= 4 is 10.0 Å². The monoisotopic (exact) mass is 424 g/mol. The zero-order chi connectivity index (χ0) is 21.4. The van der Waals surface area contributed by atoms with Gasteiger partial charge in [0.15, 0.2) is 5.69 Å². The van der Waals surface area contributed by atoms with Crippen molar-refractivity contribution in [1.82, 2.24) is 9.78 Å². The Kier molecular flexibility index (Phi) is 5.16. The van der Waals surface area contributed by atoms with Gasteiger partial charge in [-0.2, -0.15) is 23.5 Å². The molecule has 3 rings (SSSR count). The van der Waals surface area contributed by atoms with Crippen LogP contribution in [0.3, 0.4) is 0 Å². The second kappa shape index (κ2) is 7.31. The van der Waals surface area contributed by atoms with Crippen LogP contribution < -0.4 is 5.14 Å². The van der Waals surface area contributed by atoms with E-state index in [9.17, 15) is 26.0 Å². The van der Waals surface area contributed by atoms with Gasteiger partial charge in [-0.1, -0.05) is 24.3 Å². The highest BCUT2D eigenvalue weighted by Gasteiger charge is 2.40. The molecule has 6 nitrogen and oxygen atoms in total. The Morgan fingerprint density at radius 2 is 1.59 bits per heavy atom. The number of halogens is 4. The molecule has 0 unspecified atom stereocenters. The Labute approximate surface area is 162 Å². The quantitative estimate of drug-likeness (QED) is 0.647. The lowest BCUT2D eigenvalue weighted by Crippen LogP contribution is -2.15. The number of nitriles is 1. The Bertz CT molecular complexity index is 1190. The molecule has 2 aromatic carbocycles. The van der Waals surface area contributed by atoms with Gasteiger partial charge in [-0.3, -0.25) is 0 Å². The summed E-state index contributed by atoms with van der Waals surface area (Å²) in [5.74, 6) is -0.634. The molecule has 0 aliphatic carbocycles. The van der Waals surface area contributed by atoms with Crippen LogP contribution in [0.25, 0.3) is 22.4 Å².